The summed E-state index contributed by atoms with van der Waals surface area (Å²) in [5, 5.41) is 2.97. The summed E-state index contributed by atoms with van der Waals surface area (Å²) in [6.45, 7) is 8.95. The molecule has 12 heavy (non-hydrogen) atoms. The zero-order valence-corrected chi connectivity index (χ0v) is 7.84. The highest BCUT2D eigenvalue weighted by molar-refractivity contribution is 5.10. The summed E-state index contributed by atoms with van der Waals surface area (Å²) in [5.41, 5.74) is 1.07. The first-order chi connectivity index (χ1) is 5.81. The Balaban J connectivity index is 3.55. The minimum Gasteiger partial charge on any atom is -0.378 e. The molecule has 0 spiro atoms. The monoisotopic (exact) mass is 167 g/mol. The number of nitrogens with one attached hydrogen (secondary N) is 1. The average molecular weight is 167 g/mol. The molecular weight excluding hydrogens is 150 g/mol. The summed E-state index contributed by atoms with van der Waals surface area (Å²) in [4.78, 5) is 0. The Morgan fingerprint density at radius 3 is 2.92 bits per heavy atom. The first-order valence-electron chi connectivity index (χ1n) is 4.09. The first-order valence-corrected chi connectivity index (χ1v) is 4.09. The summed E-state index contributed by atoms with van der Waals surface area (Å²) < 4.78 is 5.12. The van der Waals surface area contributed by atoms with Crippen LogP contribution >= 0.6 is 0 Å². The van der Waals surface area contributed by atoms with Gasteiger partial charge in [0, 0.05) is 12.3 Å². The van der Waals surface area contributed by atoms with E-state index in [1.165, 1.54) is 0 Å². The summed E-state index contributed by atoms with van der Waals surface area (Å²) in [6, 6.07) is 0. The Bertz CT molecular complexity index is 171. The molecule has 0 unspecified atom stereocenters. The highest BCUT2D eigenvalue weighted by Gasteiger charge is 1.78. The maximum absolute atomic E-state index is 5.12. The van der Waals surface area contributed by atoms with Crippen molar-refractivity contribution in [2.45, 2.75) is 13.8 Å². The topological polar surface area (TPSA) is 21.3 Å². The quantitative estimate of drug-likeness (QED) is 0.484. The molecule has 1 N–H and O–H groups in total. The Kier molecular flexibility index (Phi) is 7.39. The standard InChI is InChI=1S/C10H17NO/c1-4-11-10(3)8-6-7-9-12-5-2/h4,6-8,11H,1,5,9H2,2-3H3/b7-6-,10-8+. The van der Waals surface area contributed by atoms with Gasteiger partial charge < -0.3 is 10.1 Å². The second-order valence-electron chi connectivity index (χ2n) is 2.29. The van der Waals surface area contributed by atoms with E-state index in [9.17, 15) is 0 Å². The molecule has 0 fully saturated rings. The zero-order valence-electron chi connectivity index (χ0n) is 7.84. The van der Waals surface area contributed by atoms with Crippen LogP contribution in [0.3, 0.4) is 0 Å². The maximum Gasteiger partial charge on any atom is 0.0650 e. The van der Waals surface area contributed by atoms with Crippen LogP contribution in [0.15, 0.2) is 36.7 Å². The molecule has 0 atom stereocenters. The van der Waals surface area contributed by atoms with E-state index in [0.717, 1.165) is 12.3 Å². The number of ether oxygens (including phenoxy) is 1. The molecule has 0 bridgehead atoms. The van der Waals surface area contributed by atoms with Crippen molar-refractivity contribution in [2.24, 2.45) is 0 Å². The second kappa shape index (κ2) is 8.08. The van der Waals surface area contributed by atoms with Gasteiger partial charge >= 0.3 is 0 Å². The average Bonchev–Trinajstić information content (AvgIpc) is 2.05. The third-order valence-electron chi connectivity index (χ3n) is 1.23. The Morgan fingerprint density at radius 2 is 2.33 bits per heavy atom. The molecule has 2 heteroatoms. The van der Waals surface area contributed by atoms with E-state index in [-0.39, 0.29) is 0 Å². The minimum atomic E-state index is 0.675. The van der Waals surface area contributed by atoms with E-state index in [1.807, 2.05) is 32.1 Å². The lowest BCUT2D eigenvalue weighted by Crippen LogP contribution is -1.98. The van der Waals surface area contributed by atoms with E-state index < -0.39 is 0 Å². The van der Waals surface area contributed by atoms with Crippen LogP contribution in [-0.2, 0) is 4.74 Å². The molecule has 0 aromatic rings. The fraction of sp³-hybridized carbons (Fsp3) is 0.400. The maximum atomic E-state index is 5.12. The van der Waals surface area contributed by atoms with Gasteiger partial charge in [0.1, 0.15) is 0 Å². The number of hydrogen-bond donors (Lipinski definition) is 1. The lowest BCUT2D eigenvalue weighted by molar-refractivity contribution is 0.177. The van der Waals surface area contributed by atoms with E-state index in [1.54, 1.807) is 6.20 Å². The summed E-state index contributed by atoms with van der Waals surface area (Å²) >= 11 is 0. The molecule has 0 heterocycles. The number of rotatable bonds is 6. The molecular formula is C10H17NO. The Hall–Kier alpha value is -1.02. The molecule has 0 saturated heterocycles. The van der Waals surface area contributed by atoms with Gasteiger partial charge in [-0.3, -0.25) is 0 Å². The van der Waals surface area contributed by atoms with Crippen molar-refractivity contribution < 1.29 is 4.74 Å². The van der Waals surface area contributed by atoms with Crippen molar-refractivity contribution >= 4 is 0 Å². The van der Waals surface area contributed by atoms with Crippen molar-refractivity contribution in [1.29, 1.82) is 0 Å². The largest absolute Gasteiger partial charge is 0.378 e. The molecule has 0 saturated carbocycles. The van der Waals surface area contributed by atoms with E-state index in [2.05, 4.69) is 11.9 Å². The summed E-state index contributed by atoms with van der Waals surface area (Å²) in [5.74, 6) is 0. The van der Waals surface area contributed by atoms with Gasteiger partial charge in [-0.25, -0.2) is 0 Å². The van der Waals surface area contributed by atoms with E-state index >= 15 is 0 Å². The highest BCUT2D eigenvalue weighted by atomic mass is 16.5. The van der Waals surface area contributed by atoms with Crippen LogP contribution in [-0.4, -0.2) is 13.2 Å². The van der Waals surface area contributed by atoms with E-state index in [0.29, 0.717) is 6.61 Å². The minimum absolute atomic E-state index is 0.675. The van der Waals surface area contributed by atoms with Gasteiger partial charge in [0.2, 0.25) is 0 Å². The number of allylic oxidation sites excluding steroid dienone is 3. The molecule has 0 aliphatic rings. The molecule has 0 aliphatic carbocycles. The normalized spacial score (nSPS) is 12.0. The number of hydrogen-bond acceptors (Lipinski definition) is 2. The lowest BCUT2D eigenvalue weighted by atomic mass is 10.4. The fourth-order valence-corrected chi connectivity index (χ4v) is 0.663. The van der Waals surface area contributed by atoms with E-state index in [4.69, 9.17) is 4.74 Å². The van der Waals surface area contributed by atoms with Crippen LogP contribution < -0.4 is 5.32 Å². The summed E-state index contributed by atoms with van der Waals surface area (Å²) in [7, 11) is 0. The molecule has 0 aromatic heterocycles. The predicted molar refractivity (Wildman–Crippen MR) is 52.7 cm³/mol. The van der Waals surface area contributed by atoms with Gasteiger partial charge in [-0.05, 0) is 26.1 Å². The molecule has 0 aromatic carbocycles. The highest BCUT2D eigenvalue weighted by Crippen LogP contribution is 1.87. The van der Waals surface area contributed by atoms with Gasteiger partial charge in [0.15, 0.2) is 0 Å². The molecule has 0 radical (unpaired) electrons. The second-order valence-corrected chi connectivity index (χ2v) is 2.29. The van der Waals surface area contributed by atoms with Crippen molar-refractivity contribution in [3.05, 3.63) is 36.7 Å². The van der Waals surface area contributed by atoms with Gasteiger partial charge in [0.25, 0.3) is 0 Å². The third kappa shape index (κ3) is 7.09. The fourth-order valence-electron chi connectivity index (χ4n) is 0.663. The van der Waals surface area contributed by atoms with Gasteiger partial charge in [-0.1, -0.05) is 18.7 Å². The Morgan fingerprint density at radius 1 is 1.58 bits per heavy atom. The summed E-state index contributed by atoms with van der Waals surface area (Å²) in [6.07, 6.45) is 7.56. The van der Waals surface area contributed by atoms with Crippen LogP contribution in [0.25, 0.3) is 0 Å². The van der Waals surface area contributed by atoms with Crippen LogP contribution in [0.5, 0.6) is 0 Å². The molecule has 2 nitrogen and oxygen atoms in total. The smallest absolute Gasteiger partial charge is 0.0650 e. The Labute approximate surface area is 74.6 Å². The SMILES string of the molecule is C=CN/C(C)=C/C=C\COCC. The van der Waals surface area contributed by atoms with Gasteiger partial charge in [-0.15, -0.1) is 0 Å². The van der Waals surface area contributed by atoms with Gasteiger partial charge in [0.05, 0.1) is 6.61 Å². The lowest BCUT2D eigenvalue weighted by Gasteiger charge is -1.95. The van der Waals surface area contributed by atoms with Crippen LogP contribution in [0.1, 0.15) is 13.8 Å². The van der Waals surface area contributed by atoms with Gasteiger partial charge in [-0.2, -0.15) is 0 Å². The van der Waals surface area contributed by atoms with Crippen molar-refractivity contribution in [3.8, 4) is 0 Å². The predicted octanol–water partition coefficient (Wildman–Crippen LogP) is 2.22. The molecule has 0 amide bonds. The zero-order chi connectivity index (χ0) is 9.23. The third-order valence-corrected chi connectivity index (χ3v) is 1.23. The first kappa shape index (κ1) is 11.0. The van der Waals surface area contributed by atoms with Crippen molar-refractivity contribution in [3.63, 3.8) is 0 Å². The molecule has 0 rings (SSSR count). The van der Waals surface area contributed by atoms with Crippen LogP contribution in [0, 0.1) is 0 Å². The molecule has 0 aliphatic heterocycles. The van der Waals surface area contributed by atoms with Crippen molar-refractivity contribution in [1.82, 2.24) is 5.32 Å². The van der Waals surface area contributed by atoms with Crippen LogP contribution in [0.4, 0.5) is 0 Å². The van der Waals surface area contributed by atoms with Crippen LogP contribution in [0.2, 0.25) is 0 Å². The van der Waals surface area contributed by atoms with Crippen molar-refractivity contribution in [2.75, 3.05) is 13.2 Å². The molecule has 68 valence electrons.